The molecule has 204 valence electrons. The number of anilines is 1. The topological polar surface area (TPSA) is 75.1 Å². The molecule has 1 saturated heterocycles. The van der Waals surface area contributed by atoms with E-state index in [-0.39, 0.29) is 18.2 Å². The first-order valence-electron chi connectivity index (χ1n) is 12.9. The summed E-state index contributed by atoms with van der Waals surface area (Å²) in [5.74, 6) is 0.771. The molecule has 7 nitrogen and oxygen atoms in total. The van der Waals surface area contributed by atoms with Crippen LogP contribution in [0.3, 0.4) is 0 Å². The Morgan fingerprint density at radius 3 is 2.69 bits per heavy atom. The maximum absolute atomic E-state index is 14.6. The van der Waals surface area contributed by atoms with Crippen LogP contribution < -0.4 is 14.4 Å². The van der Waals surface area contributed by atoms with Gasteiger partial charge in [0.1, 0.15) is 18.2 Å². The number of halogens is 2. The Balaban J connectivity index is 1.24. The molecule has 1 atom stereocenters. The molecule has 2 aromatic carbocycles. The maximum atomic E-state index is 14.6. The summed E-state index contributed by atoms with van der Waals surface area (Å²) in [5.41, 5.74) is 3.24. The van der Waals surface area contributed by atoms with Crippen LogP contribution >= 0.6 is 11.6 Å². The summed E-state index contributed by atoms with van der Waals surface area (Å²) in [5, 5.41) is 9.66. The molecule has 0 amide bonds. The van der Waals surface area contributed by atoms with Crippen molar-refractivity contribution in [3.63, 3.8) is 0 Å². The summed E-state index contributed by atoms with van der Waals surface area (Å²) < 4.78 is 26.9. The summed E-state index contributed by atoms with van der Waals surface area (Å²) in [6.45, 7) is 8.74. The Morgan fingerprint density at radius 1 is 1.21 bits per heavy atom. The first-order chi connectivity index (χ1) is 18.7. The molecule has 0 radical (unpaired) electrons. The van der Waals surface area contributed by atoms with Crippen molar-refractivity contribution in [2.75, 3.05) is 38.2 Å². The van der Waals surface area contributed by atoms with Crippen molar-refractivity contribution in [2.24, 2.45) is 0 Å². The van der Waals surface area contributed by atoms with Crippen molar-refractivity contribution < 1.29 is 23.8 Å². The molecule has 1 aromatic heterocycles. The number of aryl methyl sites for hydroxylation is 1. The quantitative estimate of drug-likeness (QED) is 0.373. The van der Waals surface area contributed by atoms with Crippen LogP contribution in [0.2, 0.25) is 5.02 Å². The summed E-state index contributed by atoms with van der Waals surface area (Å²) in [7, 11) is 1.86. The van der Waals surface area contributed by atoms with E-state index in [0.29, 0.717) is 34.4 Å². The van der Waals surface area contributed by atoms with E-state index in [1.165, 1.54) is 12.1 Å². The fourth-order valence-corrected chi connectivity index (χ4v) is 5.40. The number of aromatic nitrogens is 1. The van der Waals surface area contributed by atoms with Gasteiger partial charge in [-0.1, -0.05) is 42.4 Å². The number of nitrogens with zero attached hydrogens (tertiary/aromatic N) is 3. The molecule has 1 N–H and O–H groups in total. The second-order valence-corrected chi connectivity index (χ2v) is 10.5. The van der Waals surface area contributed by atoms with Gasteiger partial charge in [0.25, 0.3) is 0 Å². The van der Waals surface area contributed by atoms with Crippen LogP contribution in [-0.2, 0) is 0 Å². The zero-order chi connectivity index (χ0) is 27.7. The molecule has 0 saturated carbocycles. The molecule has 3 heterocycles. The molecule has 9 heteroatoms. The minimum absolute atomic E-state index is 0.00879. The number of carboxylic acid groups (broad SMARTS) is 1. The lowest BCUT2D eigenvalue weighted by Gasteiger charge is -2.36. The molecule has 39 heavy (non-hydrogen) atoms. The van der Waals surface area contributed by atoms with Crippen molar-refractivity contribution in [2.45, 2.75) is 31.8 Å². The van der Waals surface area contributed by atoms with E-state index in [1.807, 2.05) is 31.0 Å². The summed E-state index contributed by atoms with van der Waals surface area (Å²) in [4.78, 5) is 19.9. The van der Waals surface area contributed by atoms with Gasteiger partial charge in [0.15, 0.2) is 23.3 Å². The van der Waals surface area contributed by atoms with E-state index < -0.39 is 17.9 Å². The van der Waals surface area contributed by atoms with Crippen LogP contribution in [0.15, 0.2) is 60.8 Å². The van der Waals surface area contributed by atoms with Crippen LogP contribution in [-0.4, -0.2) is 54.2 Å². The third kappa shape index (κ3) is 5.72. The van der Waals surface area contributed by atoms with Gasteiger partial charge in [0.2, 0.25) is 0 Å². The van der Waals surface area contributed by atoms with Crippen molar-refractivity contribution in [1.82, 2.24) is 9.88 Å². The SMILES string of the molecule is C=C(CN1CCC(c2cccc3c2OC(c2ccc(Cl)cc2F)CO3)CC1)N(C)c1nc(C(=O)O)ccc1C. The fourth-order valence-electron chi connectivity index (χ4n) is 5.24. The summed E-state index contributed by atoms with van der Waals surface area (Å²) in [6, 6.07) is 13.8. The first kappa shape index (κ1) is 27.0. The highest BCUT2D eigenvalue weighted by Gasteiger charge is 2.31. The van der Waals surface area contributed by atoms with Gasteiger partial charge in [-0.15, -0.1) is 0 Å². The average molecular weight is 552 g/mol. The Labute approximate surface area is 232 Å². The van der Waals surface area contributed by atoms with Gasteiger partial charge in [-0.25, -0.2) is 14.2 Å². The van der Waals surface area contributed by atoms with Crippen molar-refractivity contribution in [1.29, 1.82) is 0 Å². The number of carbonyl (C=O) groups is 1. The zero-order valence-electron chi connectivity index (χ0n) is 22.0. The highest BCUT2D eigenvalue weighted by atomic mass is 35.5. The van der Waals surface area contributed by atoms with Gasteiger partial charge in [-0.3, -0.25) is 4.90 Å². The number of hydrogen-bond donors (Lipinski definition) is 1. The van der Waals surface area contributed by atoms with E-state index in [9.17, 15) is 14.3 Å². The Kier molecular flexibility index (Phi) is 7.77. The number of fused-ring (bicyclic) bond motifs is 1. The molecular formula is C30H31ClFN3O4. The van der Waals surface area contributed by atoms with Crippen molar-refractivity contribution in [3.8, 4) is 11.5 Å². The predicted octanol–water partition coefficient (Wildman–Crippen LogP) is 6.22. The minimum atomic E-state index is -1.06. The first-order valence-corrected chi connectivity index (χ1v) is 13.3. The number of hydrogen-bond acceptors (Lipinski definition) is 6. The van der Waals surface area contributed by atoms with Crippen LogP contribution in [0.5, 0.6) is 11.5 Å². The number of aromatic carboxylic acids is 1. The van der Waals surface area contributed by atoms with E-state index in [0.717, 1.165) is 42.8 Å². The molecular weight excluding hydrogens is 521 g/mol. The number of piperidine rings is 1. The van der Waals surface area contributed by atoms with Gasteiger partial charge in [0, 0.05) is 35.4 Å². The number of para-hydroxylation sites is 1. The lowest BCUT2D eigenvalue weighted by molar-refractivity contribution is 0.0690. The maximum Gasteiger partial charge on any atom is 0.354 e. The van der Waals surface area contributed by atoms with Crippen molar-refractivity contribution >= 4 is 23.4 Å². The highest BCUT2D eigenvalue weighted by molar-refractivity contribution is 6.30. The second-order valence-electron chi connectivity index (χ2n) is 10.1. The standard InChI is InChI=1S/C30H31ClFN3O4/c1-18-7-10-25(30(36)37)33-29(18)34(3)19(2)16-35-13-11-20(12-14-35)22-5-4-6-26-28(22)39-27(17-38-26)23-9-8-21(31)15-24(23)32/h4-10,15,20,27H,2,11-14,16-17H2,1,3H3,(H,36,37). The summed E-state index contributed by atoms with van der Waals surface area (Å²) >= 11 is 5.93. The molecule has 2 aliphatic heterocycles. The van der Waals surface area contributed by atoms with Crippen LogP contribution in [0.1, 0.15) is 52.0 Å². The van der Waals surface area contributed by atoms with Crippen LogP contribution in [0, 0.1) is 12.7 Å². The molecule has 2 aliphatic rings. The van der Waals surface area contributed by atoms with Gasteiger partial charge in [-0.05, 0) is 68.6 Å². The number of pyridine rings is 1. The zero-order valence-corrected chi connectivity index (χ0v) is 22.7. The van der Waals surface area contributed by atoms with E-state index >= 15 is 0 Å². The number of benzene rings is 2. The molecule has 0 spiro atoms. The number of likely N-dealkylation sites (N-methyl/N-ethyl adjacent to an activating group) is 1. The highest BCUT2D eigenvalue weighted by Crippen LogP contribution is 2.44. The monoisotopic (exact) mass is 551 g/mol. The van der Waals surface area contributed by atoms with Gasteiger partial charge in [-0.2, -0.15) is 0 Å². The average Bonchev–Trinajstić information content (AvgIpc) is 2.92. The summed E-state index contributed by atoms with van der Waals surface area (Å²) in [6.07, 6.45) is 1.29. The fraction of sp³-hybridized carbons (Fsp3) is 0.333. The predicted molar refractivity (Wildman–Crippen MR) is 149 cm³/mol. The number of rotatable bonds is 7. The Morgan fingerprint density at radius 2 is 1.97 bits per heavy atom. The molecule has 1 unspecified atom stereocenters. The lowest BCUT2D eigenvalue weighted by atomic mass is 9.88. The van der Waals surface area contributed by atoms with Gasteiger partial charge < -0.3 is 19.5 Å². The van der Waals surface area contributed by atoms with E-state index in [4.69, 9.17) is 21.1 Å². The second kappa shape index (κ2) is 11.2. The largest absolute Gasteiger partial charge is 0.485 e. The van der Waals surface area contributed by atoms with Crippen LogP contribution in [0.4, 0.5) is 10.2 Å². The lowest BCUT2D eigenvalue weighted by Crippen LogP contribution is -2.37. The van der Waals surface area contributed by atoms with Crippen LogP contribution in [0.25, 0.3) is 0 Å². The smallest absolute Gasteiger partial charge is 0.354 e. The number of ether oxygens (including phenoxy) is 2. The molecule has 3 aromatic rings. The number of likely N-dealkylation sites (tertiary alicyclic amines) is 1. The third-order valence-electron chi connectivity index (χ3n) is 7.48. The molecule has 5 rings (SSSR count). The molecule has 0 bridgehead atoms. The Hall–Kier alpha value is -3.62. The minimum Gasteiger partial charge on any atom is -0.485 e. The van der Waals surface area contributed by atoms with E-state index in [1.54, 1.807) is 18.2 Å². The third-order valence-corrected chi connectivity index (χ3v) is 7.72. The Bertz CT molecular complexity index is 1410. The van der Waals surface area contributed by atoms with Gasteiger partial charge >= 0.3 is 5.97 Å². The normalized spacial score (nSPS) is 17.6. The molecule has 1 fully saturated rings. The molecule has 0 aliphatic carbocycles. The number of carboxylic acids is 1. The van der Waals surface area contributed by atoms with Gasteiger partial charge in [0.05, 0.1) is 0 Å². The van der Waals surface area contributed by atoms with Crippen molar-refractivity contribution in [3.05, 3.63) is 94.0 Å². The van der Waals surface area contributed by atoms with E-state index in [2.05, 4.69) is 22.5 Å².